The molecule has 96 valence electrons. The van der Waals surface area contributed by atoms with Gasteiger partial charge in [-0.1, -0.05) is 53.1 Å². The first kappa shape index (κ1) is 12.5. The van der Waals surface area contributed by atoms with Gasteiger partial charge in [0.15, 0.2) is 5.82 Å². The molecule has 1 N–H and O–H groups in total. The van der Waals surface area contributed by atoms with Crippen LogP contribution in [0.15, 0.2) is 53.1 Å². The Balaban J connectivity index is 1.88. The molecule has 0 bridgehead atoms. The molecule has 0 aliphatic heterocycles. The molecule has 1 heterocycles. The zero-order valence-corrected chi connectivity index (χ0v) is 10.7. The van der Waals surface area contributed by atoms with Gasteiger partial charge in [-0.15, -0.1) is 0 Å². The second-order valence-corrected chi connectivity index (χ2v) is 4.45. The molecule has 0 spiro atoms. The van der Waals surface area contributed by atoms with Gasteiger partial charge >= 0.3 is 0 Å². The van der Waals surface area contributed by atoms with Crippen LogP contribution in [0, 0.1) is 0 Å². The van der Waals surface area contributed by atoms with E-state index in [0.717, 1.165) is 5.56 Å². The second-order valence-electron chi connectivity index (χ2n) is 4.45. The lowest BCUT2D eigenvalue weighted by molar-refractivity contribution is 0.418. The van der Waals surface area contributed by atoms with Gasteiger partial charge in [-0.25, -0.2) is 0 Å². The Morgan fingerprint density at radius 1 is 1.10 bits per heavy atom. The Bertz CT molecular complexity index is 726. The summed E-state index contributed by atoms with van der Waals surface area (Å²) < 4.78 is 5.18. The van der Waals surface area contributed by atoms with Crippen LogP contribution in [0.2, 0.25) is 0 Å². The van der Waals surface area contributed by atoms with Gasteiger partial charge in [-0.3, -0.25) is 0 Å². The maximum absolute atomic E-state index is 9.80. The van der Waals surface area contributed by atoms with Crippen molar-refractivity contribution < 1.29 is 9.63 Å². The van der Waals surface area contributed by atoms with E-state index in [1.165, 1.54) is 6.07 Å². The third-order valence-corrected chi connectivity index (χ3v) is 2.92. The van der Waals surface area contributed by atoms with Crippen molar-refractivity contribution in [1.82, 2.24) is 10.1 Å². The third kappa shape index (κ3) is 2.57. The summed E-state index contributed by atoms with van der Waals surface area (Å²) >= 11 is 0. The molecule has 0 saturated carbocycles. The molecule has 5 heteroatoms. The number of hydrogen-bond donors (Lipinski definition) is 1. The number of benzene rings is 2. The Morgan fingerprint density at radius 2 is 1.90 bits per heavy atom. The fourth-order valence-corrected chi connectivity index (χ4v) is 1.94. The van der Waals surface area contributed by atoms with E-state index < -0.39 is 0 Å². The Morgan fingerprint density at radius 3 is 2.70 bits per heavy atom. The molecule has 3 rings (SSSR count). The highest BCUT2D eigenvalue weighted by Gasteiger charge is 2.13. The fourth-order valence-electron chi connectivity index (χ4n) is 1.94. The van der Waals surface area contributed by atoms with Crippen LogP contribution in [0.1, 0.15) is 11.4 Å². The summed E-state index contributed by atoms with van der Waals surface area (Å²) in [6, 6.07) is 14.6. The number of aromatic hydroxyl groups is 1. The number of phenolic OH excluding ortho intramolecular Hbond substituents is 1. The molecular formula is C15H11BN2O2. The minimum Gasteiger partial charge on any atom is -0.507 e. The van der Waals surface area contributed by atoms with Crippen LogP contribution in [-0.2, 0) is 6.42 Å². The van der Waals surface area contributed by atoms with Crippen molar-refractivity contribution in [3.05, 3.63) is 59.9 Å². The van der Waals surface area contributed by atoms with Crippen molar-refractivity contribution in [2.24, 2.45) is 0 Å². The Kier molecular flexibility index (Phi) is 3.25. The zero-order chi connectivity index (χ0) is 13.9. The second kappa shape index (κ2) is 5.21. The summed E-state index contributed by atoms with van der Waals surface area (Å²) in [5.41, 5.74) is 2.06. The van der Waals surface area contributed by atoms with Crippen LogP contribution in [-0.4, -0.2) is 23.1 Å². The summed E-state index contributed by atoms with van der Waals surface area (Å²) in [5, 5.41) is 13.7. The van der Waals surface area contributed by atoms with Gasteiger partial charge in [0.2, 0.25) is 0 Å². The molecule has 0 amide bonds. The summed E-state index contributed by atoms with van der Waals surface area (Å²) in [4.78, 5) is 4.28. The quantitative estimate of drug-likeness (QED) is 0.731. The SMILES string of the molecule is [B]c1ccc(O)c(-c2nc(Cc3ccccc3)no2)c1. The molecule has 0 aliphatic carbocycles. The first-order chi connectivity index (χ1) is 9.72. The van der Waals surface area contributed by atoms with E-state index in [0.29, 0.717) is 23.3 Å². The Labute approximate surface area is 117 Å². The zero-order valence-electron chi connectivity index (χ0n) is 10.7. The van der Waals surface area contributed by atoms with Gasteiger partial charge in [0.05, 0.1) is 5.56 Å². The molecular weight excluding hydrogens is 251 g/mol. The summed E-state index contributed by atoms with van der Waals surface area (Å²) in [6.07, 6.45) is 0.577. The standard InChI is InChI=1S/C15H11BN2O2/c16-11-6-7-13(19)12(9-11)15-17-14(18-20-15)8-10-4-2-1-3-5-10/h1-7,9,19H,8H2. The van der Waals surface area contributed by atoms with Crippen molar-refractivity contribution in [1.29, 1.82) is 0 Å². The maximum Gasteiger partial charge on any atom is 0.261 e. The van der Waals surface area contributed by atoms with E-state index in [4.69, 9.17) is 12.4 Å². The predicted molar refractivity (Wildman–Crippen MR) is 76.0 cm³/mol. The molecule has 2 radical (unpaired) electrons. The minimum absolute atomic E-state index is 0.0640. The van der Waals surface area contributed by atoms with Crippen LogP contribution in [0.4, 0.5) is 0 Å². The number of aromatic nitrogens is 2. The van der Waals surface area contributed by atoms with Crippen molar-refractivity contribution in [2.75, 3.05) is 0 Å². The van der Waals surface area contributed by atoms with E-state index in [-0.39, 0.29) is 11.6 Å². The van der Waals surface area contributed by atoms with Crippen LogP contribution in [0.25, 0.3) is 11.5 Å². The topological polar surface area (TPSA) is 59.2 Å². The highest BCUT2D eigenvalue weighted by Crippen LogP contribution is 2.26. The van der Waals surface area contributed by atoms with Gasteiger partial charge in [0.25, 0.3) is 5.89 Å². The van der Waals surface area contributed by atoms with Crippen LogP contribution < -0.4 is 5.46 Å². The molecule has 3 aromatic rings. The smallest absolute Gasteiger partial charge is 0.261 e. The lowest BCUT2D eigenvalue weighted by Gasteiger charge is -2.00. The molecule has 1 aromatic heterocycles. The minimum atomic E-state index is 0.0640. The summed E-state index contributed by atoms with van der Waals surface area (Å²) in [5.74, 6) is 0.892. The average Bonchev–Trinajstić information content (AvgIpc) is 2.91. The Hall–Kier alpha value is -2.56. The summed E-state index contributed by atoms with van der Waals surface area (Å²) in [7, 11) is 5.69. The van der Waals surface area contributed by atoms with Crippen LogP contribution in [0.5, 0.6) is 5.75 Å². The molecule has 4 nitrogen and oxygen atoms in total. The first-order valence-corrected chi connectivity index (χ1v) is 6.18. The molecule has 0 unspecified atom stereocenters. The third-order valence-electron chi connectivity index (χ3n) is 2.92. The largest absolute Gasteiger partial charge is 0.507 e. The molecule has 20 heavy (non-hydrogen) atoms. The molecule has 0 fully saturated rings. The summed E-state index contributed by atoms with van der Waals surface area (Å²) in [6.45, 7) is 0. The number of rotatable bonds is 3. The predicted octanol–water partition coefficient (Wildman–Crippen LogP) is 1.83. The lowest BCUT2D eigenvalue weighted by atomic mass is 9.94. The van der Waals surface area contributed by atoms with E-state index in [2.05, 4.69) is 10.1 Å². The van der Waals surface area contributed by atoms with E-state index in [1.807, 2.05) is 30.3 Å². The van der Waals surface area contributed by atoms with Crippen LogP contribution in [0.3, 0.4) is 0 Å². The molecule has 0 saturated heterocycles. The van der Waals surface area contributed by atoms with Crippen molar-refractivity contribution >= 4 is 13.3 Å². The maximum atomic E-state index is 9.80. The van der Waals surface area contributed by atoms with Crippen molar-refractivity contribution in [3.8, 4) is 17.2 Å². The fraction of sp³-hybridized carbons (Fsp3) is 0.0667. The van der Waals surface area contributed by atoms with Crippen LogP contribution >= 0.6 is 0 Å². The normalized spacial score (nSPS) is 10.6. The van der Waals surface area contributed by atoms with Gasteiger partial charge in [0, 0.05) is 6.42 Å². The van der Waals surface area contributed by atoms with Crippen molar-refractivity contribution in [3.63, 3.8) is 0 Å². The van der Waals surface area contributed by atoms with Gasteiger partial charge < -0.3 is 9.63 Å². The number of nitrogens with zero attached hydrogens (tertiary/aromatic N) is 2. The molecule has 0 atom stereocenters. The highest BCUT2D eigenvalue weighted by atomic mass is 16.5. The average molecular weight is 262 g/mol. The highest BCUT2D eigenvalue weighted by molar-refractivity contribution is 6.32. The first-order valence-electron chi connectivity index (χ1n) is 6.18. The molecule has 0 aliphatic rings. The van der Waals surface area contributed by atoms with E-state index >= 15 is 0 Å². The van der Waals surface area contributed by atoms with Crippen molar-refractivity contribution in [2.45, 2.75) is 6.42 Å². The van der Waals surface area contributed by atoms with E-state index in [9.17, 15) is 5.11 Å². The lowest BCUT2D eigenvalue weighted by Crippen LogP contribution is -2.01. The van der Waals surface area contributed by atoms with Gasteiger partial charge in [0.1, 0.15) is 13.6 Å². The van der Waals surface area contributed by atoms with Gasteiger partial charge in [-0.05, 0) is 11.6 Å². The molecule has 2 aromatic carbocycles. The monoisotopic (exact) mass is 262 g/mol. The van der Waals surface area contributed by atoms with E-state index in [1.54, 1.807) is 12.1 Å². The van der Waals surface area contributed by atoms with Gasteiger partial charge in [-0.2, -0.15) is 4.98 Å². The number of hydrogen-bond acceptors (Lipinski definition) is 4. The number of phenols is 1.